The first-order valence-corrected chi connectivity index (χ1v) is 10.1. The predicted molar refractivity (Wildman–Crippen MR) is 121 cm³/mol. The molecular weight excluding hydrogens is 412 g/mol. The van der Waals surface area contributed by atoms with Crippen molar-refractivity contribution in [2.75, 3.05) is 10.6 Å². The van der Waals surface area contributed by atoms with E-state index in [1.54, 1.807) is 36.5 Å². The first kappa shape index (κ1) is 20.2. The van der Waals surface area contributed by atoms with Crippen LogP contribution in [-0.2, 0) is 4.79 Å². The molecule has 0 saturated carbocycles. The minimum absolute atomic E-state index is 0.177. The molecule has 2 heterocycles. The summed E-state index contributed by atoms with van der Waals surface area (Å²) in [6.07, 6.45) is 2.80. The highest BCUT2D eigenvalue weighted by atomic mass is 32.1. The average molecular weight is 430 g/mol. The van der Waals surface area contributed by atoms with Crippen molar-refractivity contribution in [2.24, 2.45) is 0 Å². The second kappa shape index (κ2) is 9.14. The summed E-state index contributed by atoms with van der Waals surface area (Å²) in [6.45, 7) is 5.46. The van der Waals surface area contributed by atoms with Gasteiger partial charge in [0, 0.05) is 17.4 Å². The summed E-state index contributed by atoms with van der Waals surface area (Å²) in [5, 5.41) is 15.6. The van der Waals surface area contributed by atoms with Crippen LogP contribution in [0.15, 0.2) is 73.4 Å². The lowest BCUT2D eigenvalue weighted by Crippen LogP contribution is -2.06. The number of nitrogens with one attached hydrogen (secondary N) is 2. The van der Waals surface area contributed by atoms with Crippen molar-refractivity contribution in [3.63, 3.8) is 0 Å². The number of anilines is 3. The highest BCUT2D eigenvalue weighted by molar-refractivity contribution is 7.18. The molecule has 4 aromatic rings. The third-order valence-electron chi connectivity index (χ3n) is 4.11. The lowest BCUT2D eigenvalue weighted by molar-refractivity contribution is -0.111. The highest BCUT2D eigenvalue weighted by Crippen LogP contribution is 2.28. The molecular formula is C22H18N6O2S. The van der Waals surface area contributed by atoms with Crippen molar-refractivity contribution < 1.29 is 9.53 Å². The van der Waals surface area contributed by atoms with Gasteiger partial charge in [-0.3, -0.25) is 4.79 Å². The van der Waals surface area contributed by atoms with Crippen LogP contribution >= 0.6 is 11.3 Å². The molecule has 31 heavy (non-hydrogen) atoms. The van der Waals surface area contributed by atoms with Crippen LogP contribution in [0.5, 0.6) is 11.8 Å². The van der Waals surface area contributed by atoms with E-state index >= 15 is 0 Å². The Balaban J connectivity index is 1.42. The number of aromatic nitrogens is 4. The van der Waals surface area contributed by atoms with Gasteiger partial charge < -0.3 is 15.4 Å². The number of amides is 1. The van der Waals surface area contributed by atoms with Crippen molar-refractivity contribution in [1.29, 1.82) is 0 Å². The number of rotatable bonds is 7. The van der Waals surface area contributed by atoms with Crippen LogP contribution in [0.4, 0.5) is 16.6 Å². The van der Waals surface area contributed by atoms with Crippen LogP contribution < -0.4 is 15.4 Å². The molecule has 0 bridgehead atoms. The maximum atomic E-state index is 11.3. The molecule has 0 saturated heterocycles. The average Bonchev–Trinajstić information content (AvgIpc) is 3.24. The van der Waals surface area contributed by atoms with E-state index in [-0.39, 0.29) is 11.9 Å². The van der Waals surface area contributed by atoms with Gasteiger partial charge in [-0.25, -0.2) is 4.98 Å². The number of benzene rings is 2. The number of carbonyl (C=O) groups is 1. The molecule has 8 nitrogen and oxygen atoms in total. The topological polar surface area (TPSA) is 102 Å². The first-order valence-electron chi connectivity index (χ1n) is 9.31. The van der Waals surface area contributed by atoms with Gasteiger partial charge in [0.25, 0.3) is 0 Å². The molecule has 0 aliphatic heterocycles. The van der Waals surface area contributed by atoms with Gasteiger partial charge in [-0.2, -0.15) is 4.98 Å². The fourth-order valence-corrected chi connectivity index (χ4v) is 3.32. The fourth-order valence-electron chi connectivity index (χ4n) is 2.56. The third-order valence-corrected chi connectivity index (χ3v) is 5.00. The van der Waals surface area contributed by atoms with E-state index in [9.17, 15) is 4.79 Å². The molecule has 0 spiro atoms. The Bertz CT molecular complexity index is 1210. The minimum atomic E-state index is -0.280. The van der Waals surface area contributed by atoms with Crippen molar-refractivity contribution in [2.45, 2.75) is 6.92 Å². The molecule has 4 rings (SSSR count). The number of ether oxygens (including phenoxy) is 1. The van der Waals surface area contributed by atoms with Crippen LogP contribution in [0.3, 0.4) is 0 Å². The second-order valence-corrected chi connectivity index (χ2v) is 7.43. The molecule has 2 aromatic heterocycles. The number of carbonyl (C=O) groups excluding carboxylic acids is 1. The van der Waals surface area contributed by atoms with Crippen LogP contribution in [0, 0.1) is 6.92 Å². The zero-order valence-electron chi connectivity index (χ0n) is 16.6. The summed E-state index contributed by atoms with van der Waals surface area (Å²) < 4.78 is 5.70. The molecule has 0 aliphatic carbocycles. The normalized spacial score (nSPS) is 10.4. The third kappa shape index (κ3) is 5.28. The number of hydrogen-bond acceptors (Lipinski definition) is 8. The van der Waals surface area contributed by atoms with Crippen LogP contribution in [0.25, 0.3) is 10.6 Å². The maximum absolute atomic E-state index is 11.3. The summed E-state index contributed by atoms with van der Waals surface area (Å²) in [6, 6.07) is 16.9. The van der Waals surface area contributed by atoms with Gasteiger partial charge in [0.05, 0.1) is 0 Å². The lowest BCUT2D eigenvalue weighted by atomic mass is 10.2. The molecule has 2 N–H and O–H groups in total. The Morgan fingerprint density at radius 2 is 1.84 bits per heavy atom. The van der Waals surface area contributed by atoms with Gasteiger partial charge >= 0.3 is 6.01 Å². The monoisotopic (exact) mass is 430 g/mol. The predicted octanol–water partition coefficient (Wildman–Crippen LogP) is 4.96. The van der Waals surface area contributed by atoms with E-state index < -0.39 is 0 Å². The summed E-state index contributed by atoms with van der Waals surface area (Å²) in [7, 11) is 0. The van der Waals surface area contributed by atoms with E-state index in [1.165, 1.54) is 23.0 Å². The zero-order valence-corrected chi connectivity index (χ0v) is 17.4. The summed E-state index contributed by atoms with van der Waals surface area (Å²) in [4.78, 5) is 19.8. The molecule has 1 amide bonds. The quantitative estimate of drug-likeness (QED) is 0.399. The van der Waals surface area contributed by atoms with Gasteiger partial charge in [-0.15, -0.1) is 10.2 Å². The molecule has 0 atom stereocenters. The Morgan fingerprint density at radius 3 is 2.58 bits per heavy atom. The van der Waals surface area contributed by atoms with Crippen molar-refractivity contribution in [1.82, 2.24) is 20.2 Å². The molecule has 2 aromatic carbocycles. The highest BCUT2D eigenvalue weighted by Gasteiger charge is 2.09. The summed E-state index contributed by atoms with van der Waals surface area (Å²) >= 11 is 1.43. The molecule has 0 radical (unpaired) electrons. The maximum Gasteiger partial charge on any atom is 0.323 e. The van der Waals surface area contributed by atoms with E-state index in [2.05, 4.69) is 37.4 Å². The van der Waals surface area contributed by atoms with Crippen LogP contribution in [-0.4, -0.2) is 26.1 Å². The van der Waals surface area contributed by atoms with E-state index in [0.29, 0.717) is 22.4 Å². The van der Waals surface area contributed by atoms with Gasteiger partial charge in [0.15, 0.2) is 0 Å². The van der Waals surface area contributed by atoms with Gasteiger partial charge in [0.2, 0.25) is 11.0 Å². The van der Waals surface area contributed by atoms with Crippen molar-refractivity contribution in [3.05, 3.63) is 79.0 Å². The molecule has 154 valence electrons. The summed E-state index contributed by atoms with van der Waals surface area (Å²) in [5.74, 6) is 0.788. The molecule has 0 unspecified atom stereocenters. The van der Waals surface area contributed by atoms with Crippen molar-refractivity contribution in [3.8, 4) is 22.3 Å². The van der Waals surface area contributed by atoms with E-state index in [4.69, 9.17) is 4.74 Å². The largest absolute Gasteiger partial charge is 0.424 e. The Kier molecular flexibility index (Phi) is 5.95. The van der Waals surface area contributed by atoms with Crippen molar-refractivity contribution >= 4 is 33.9 Å². The smallest absolute Gasteiger partial charge is 0.323 e. The van der Waals surface area contributed by atoms with Gasteiger partial charge in [0.1, 0.15) is 16.6 Å². The van der Waals surface area contributed by atoms with Crippen LogP contribution in [0.2, 0.25) is 0 Å². The first-order chi connectivity index (χ1) is 15.1. The molecule has 0 aliphatic rings. The SMILES string of the molecule is C=CC(=O)Nc1ccc(Oc2nccc(Nc3nnc(-c4ccc(C)cc4)s3)n2)cc1. The Morgan fingerprint density at radius 1 is 1.06 bits per heavy atom. The zero-order chi connectivity index (χ0) is 21.6. The fraction of sp³-hybridized carbons (Fsp3) is 0.0455. The van der Waals surface area contributed by atoms with E-state index in [1.807, 2.05) is 31.2 Å². The second-order valence-electron chi connectivity index (χ2n) is 6.45. The number of hydrogen-bond donors (Lipinski definition) is 2. The number of nitrogens with zero attached hydrogens (tertiary/aromatic N) is 4. The standard InChI is InChI=1S/C22H18N6O2S/c1-3-19(29)24-16-8-10-17(11-9-16)30-21-23-13-12-18(25-21)26-22-28-27-20(31-22)15-6-4-14(2)5-7-15/h3-13H,1H2,2H3,(H,24,29)(H,23,25,26,28). The van der Waals surface area contributed by atoms with Gasteiger partial charge in [-0.05, 0) is 43.3 Å². The van der Waals surface area contributed by atoms with E-state index in [0.717, 1.165) is 10.6 Å². The Labute approximate surface area is 182 Å². The molecule has 9 heteroatoms. The minimum Gasteiger partial charge on any atom is -0.424 e. The molecule has 0 fully saturated rings. The lowest BCUT2D eigenvalue weighted by Gasteiger charge is -2.07. The number of aryl methyl sites for hydroxylation is 1. The van der Waals surface area contributed by atoms with Gasteiger partial charge in [-0.1, -0.05) is 47.7 Å². The van der Waals surface area contributed by atoms with Crippen LogP contribution in [0.1, 0.15) is 5.56 Å². The Hall–Kier alpha value is -4.11. The summed E-state index contributed by atoms with van der Waals surface area (Å²) in [5.41, 5.74) is 2.83.